The highest BCUT2D eigenvalue weighted by Crippen LogP contribution is 2.37. The molecule has 0 fully saturated rings. The third-order valence-electron chi connectivity index (χ3n) is 2.15. The fourth-order valence-electron chi connectivity index (χ4n) is 1.44. The molecule has 0 radical (unpaired) electrons. The molecule has 0 saturated carbocycles. The zero-order valence-corrected chi connectivity index (χ0v) is 10.6. The van der Waals surface area contributed by atoms with Gasteiger partial charge in [-0.25, -0.2) is 0 Å². The fraction of sp³-hybridized carbons (Fsp3) is 0. The molecule has 0 unspecified atom stereocenters. The van der Waals surface area contributed by atoms with Crippen molar-refractivity contribution in [2.45, 2.75) is 0 Å². The predicted molar refractivity (Wildman–Crippen MR) is 67.6 cm³/mol. The van der Waals surface area contributed by atoms with Crippen molar-refractivity contribution in [2.75, 3.05) is 0 Å². The summed E-state index contributed by atoms with van der Waals surface area (Å²) in [6.07, 6.45) is 1.39. The number of halogens is 3. The standard InChI is InChI=1S/C10H6Cl3N3O/c11-4-1-6(12)8(7(13)2-4)9-5(10(14)17)3-15-16-9/h1-3H,(H2,14,17)(H,15,16). The van der Waals surface area contributed by atoms with Gasteiger partial charge in [-0.3, -0.25) is 9.89 Å². The third-order valence-corrected chi connectivity index (χ3v) is 2.96. The summed E-state index contributed by atoms with van der Waals surface area (Å²) in [6, 6.07) is 3.04. The van der Waals surface area contributed by atoms with Gasteiger partial charge in [-0.2, -0.15) is 5.10 Å². The Morgan fingerprint density at radius 2 is 1.82 bits per heavy atom. The first kappa shape index (κ1) is 12.2. The van der Waals surface area contributed by atoms with Crippen molar-refractivity contribution in [1.29, 1.82) is 0 Å². The summed E-state index contributed by atoms with van der Waals surface area (Å²) >= 11 is 17.9. The molecule has 0 aliphatic carbocycles. The number of nitrogens with two attached hydrogens (primary N) is 1. The number of hydrogen-bond acceptors (Lipinski definition) is 2. The van der Waals surface area contributed by atoms with Crippen LogP contribution >= 0.6 is 34.8 Å². The number of amides is 1. The van der Waals surface area contributed by atoms with Crippen molar-refractivity contribution in [3.05, 3.63) is 39.0 Å². The van der Waals surface area contributed by atoms with E-state index in [1.165, 1.54) is 18.3 Å². The van der Waals surface area contributed by atoms with Gasteiger partial charge in [0.1, 0.15) is 5.69 Å². The van der Waals surface area contributed by atoms with Crippen LogP contribution in [0.25, 0.3) is 11.3 Å². The first-order valence-corrected chi connectivity index (χ1v) is 5.62. The number of benzene rings is 1. The predicted octanol–water partition coefficient (Wildman–Crippen LogP) is 3.14. The molecule has 4 nitrogen and oxygen atoms in total. The van der Waals surface area contributed by atoms with Gasteiger partial charge >= 0.3 is 0 Å². The third kappa shape index (κ3) is 2.24. The Hall–Kier alpha value is -1.23. The maximum absolute atomic E-state index is 11.2. The van der Waals surface area contributed by atoms with Crippen LogP contribution in [0.1, 0.15) is 10.4 Å². The van der Waals surface area contributed by atoms with Crippen molar-refractivity contribution in [1.82, 2.24) is 10.2 Å². The average Bonchev–Trinajstić information content (AvgIpc) is 2.64. The van der Waals surface area contributed by atoms with Gasteiger partial charge in [0, 0.05) is 16.8 Å². The number of rotatable bonds is 2. The molecule has 0 aliphatic rings. The summed E-state index contributed by atoms with van der Waals surface area (Å²) in [5.74, 6) is -0.615. The Bertz CT molecular complexity index is 571. The van der Waals surface area contributed by atoms with Crippen LogP contribution in [-0.4, -0.2) is 16.1 Å². The van der Waals surface area contributed by atoms with Crippen molar-refractivity contribution in [3.8, 4) is 11.3 Å². The molecule has 2 rings (SSSR count). The van der Waals surface area contributed by atoms with E-state index < -0.39 is 5.91 Å². The van der Waals surface area contributed by atoms with E-state index in [0.29, 0.717) is 26.3 Å². The minimum absolute atomic E-state index is 0.219. The number of primary amides is 1. The average molecular weight is 291 g/mol. The summed E-state index contributed by atoms with van der Waals surface area (Å²) in [5, 5.41) is 7.48. The number of aromatic amines is 1. The molecule has 7 heteroatoms. The van der Waals surface area contributed by atoms with Gasteiger partial charge in [0.15, 0.2) is 0 Å². The second-order valence-electron chi connectivity index (χ2n) is 3.26. The van der Waals surface area contributed by atoms with Gasteiger partial charge in [0.05, 0.1) is 15.6 Å². The summed E-state index contributed by atoms with van der Waals surface area (Å²) in [5.41, 5.74) is 6.17. The lowest BCUT2D eigenvalue weighted by molar-refractivity contribution is 0.100. The molecule has 1 aromatic heterocycles. The molecule has 0 saturated heterocycles. The van der Waals surface area contributed by atoms with Gasteiger partial charge in [-0.1, -0.05) is 34.8 Å². The quantitative estimate of drug-likeness (QED) is 0.892. The highest BCUT2D eigenvalue weighted by molar-refractivity contribution is 6.42. The summed E-state index contributed by atoms with van der Waals surface area (Å²) in [7, 11) is 0. The maximum atomic E-state index is 11.2. The van der Waals surface area contributed by atoms with Gasteiger partial charge in [-0.05, 0) is 12.1 Å². The zero-order chi connectivity index (χ0) is 12.6. The summed E-state index contributed by atoms with van der Waals surface area (Å²) in [6.45, 7) is 0. The minimum Gasteiger partial charge on any atom is -0.365 e. The number of H-pyrrole nitrogens is 1. The summed E-state index contributed by atoms with van der Waals surface area (Å²) in [4.78, 5) is 11.2. The van der Waals surface area contributed by atoms with Crippen molar-refractivity contribution >= 4 is 40.7 Å². The van der Waals surface area contributed by atoms with Crippen LogP contribution in [0.5, 0.6) is 0 Å². The Morgan fingerprint density at radius 3 is 2.35 bits per heavy atom. The molecule has 0 spiro atoms. The molecule has 0 bridgehead atoms. The van der Waals surface area contributed by atoms with Crippen molar-refractivity contribution in [3.63, 3.8) is 0 Å². The van der Waals surface area contributed by atoms with Crippen LogP contribution in [0.3, 0.4) is 0 Å². The van der Waals surface area contributed by atoms with Gasteiger partial charge in [0.25, 0.3) is 5.91 Å². The fourth-order valence-corrected chi connectivity index (χ4v) is 2.43. The minimum atomic E-state index is -0.615. The molecule has 1 aromatic carbocycles. The number of nitrogens with zero attached hydrogens (tertiary/aromatic N) is 1. The van der Waals surface area contributed by atoms with Crippen LogP contribution in [-0.2, 0) is 0 Å². The smallest absolute Gasteiger partial charge is 0.252 e. The van der Waals surface area contributed by atoms with E-state index in [2.05, 4.69) is 10.2 Å². The van der Waals surface area contributed by atoms with E-state index in [-0.39, 0.29) is 5.56 Å². The lowest BCUT2D eigenvalue weighted by atomic mass is 10.1. The van der Waals surface area contributed by atoms with E-state index in [1.807, 2.05) is 0 Å². The van der Waals surface area contributed by atoms with Crippen LogP contribution in [0.15, 0.2) is 18.3 Å². The Morgan fingerprint density at radius 1 is 1.24 bits per heavy atom. The van der Waals surface area contributed by atoms with E-state index >= 15 is 0 Å². The molecule has 1 amide bonds. The molecule has 0 aliphatic heterocycles. The number of carbonyl (C=O) groups excluding carboxylic acids is 1. The second-order valence-corrected chi connectivity index (χ2v) is 4.51. The molecular formula is C10H6Cl3N3O. The lowest BCUT2D eigenvalue weighted by Gasteiger charge is -2.06. The first-order chi connectivity index (χ1) is 8.00. The molecule has 88 valence electrons. The van der Waals surface area contributed by atoms with E-state index in [0.717, 1.165) is 0 Å². The van der Waals surface area contributed by atoms with E-state index in [1.54, 1.807) is 0 Å². The summed E-state index contributed by atoms with van der Waals surface area (Å²) < 4.78 is 0. The molecule has 0 atom stereocenters. The molecule has 2 aromatic rings. The number of aromatic nitrogens is 2. The van der Waals surface area contributed by atoms with Gasteiger partial charge in [-0.15, -0.1) is 0 Å². The largest absolute Gasteiger partial charge is 0.365 e. The zero-order valence-electron chi connectivity index (χ0n) is 8.30. The topological polar surface area (TPSA) is 71.8 Å². The Balaban J connectivity index is 2.69. The number of nitrogens with one attached hydrogen (secondary N) is 1. The lowest BCUT2D eigenvalue weighted by Crippen LogP contribution is -2.11. The number of carbonyl (C=O) groups is 1. The van der Waals surface area contributed by atoms with Crippen LogP contribution in [0.4, 0.5) is 0 Å². The molecule has 1 heterocycles. The van der Waals surface area contributed by atoms with Gasteiger partial charge < -0.3 is 5.73 Å². The van der Waals surface area contributed by atoms with Crippen molar-refractivity contribution < 1.29 is 4.79 Å². The number of hydrogen-bond donors (Lipinski definition) is 2. The monoisotopic (exact) mass is 289 g/mol. The maximum Gasteiger partial charge on any atom is 0.252 e. The normalized spacial score (nSPS) is 10.5. The first-order valence-electron chi connectivity index (χ1n) is 4.49. The van der Waals surface area contributed by atoms with Crippen LogP contribution in [0, 0.1) is 0 Å². The highest BCUT2D eigenvalue weighted by Gasteiger charge is 2.18. The molecule has 17 heavy (non-hydrogen) atoms. The molecule has 3 N–H and O–H groups in total. The van der Waals surface area contributed by atoms with E-state index in [9.17, 15) is 4.79 Å². The Kier molecular flexibility index (Phi) is 3.28. The second kappa shape index (κ2) is 4.56. The van der Waals surface area contributed by atoms with Crippen LogP contribution in [0.2, 0.25) is 15.1 Å². The van der Waals surface area contributed by atoms with Gasteiger partial charge in [0.2, 0.25) is 0 Å². The van der Waals surface area contributed by atoms with Crippen molar-refractivity contribution in [2.24, 2.45) is 5.73 Å². The van der Waals surface area contributed by atoms with E-state index in [4.69, 9.17) is 40.5 Å². The Labute approximate surface area is 112 Å². The molecular weight excluding hydrogens is 284 g/mol. The SMILES string of the molecule is NC(=O)c1c[nH]nc1-c1c(Cl)cc(Cl)cc1Cl. The highest BCUT2D eigenvalue weighted by atomic mass is 35.5. The van der Waals surface area contributed by atoms with Crippen LogP contribution < -0.4 is 5.73 Å².